The Morgan fingerprint density at radius 3 is 1.93 bits per heavy atom. The Bertz CT molecular complexity index is 221. The highest BCUT2D eigenvalue weighted by Crippen LogP contribution is 1.95. The van der Waals surface area contributed by atoms with Crippen molar-refractivity contribution in [2.75, 3.05) is 0 Å². The van der Waals surface area contributed by atoms with Crippen LogP contribution in [0.25, 0.3) is 0 Å². The third-order valence-corrected chi connectivity index (χ3v) is 1.77. The Hall–Kier alpha value is -1.05. The van der Waals surface area contributed by atoms with Gasteiger partial charge in [-0.25, -0.2) is 0 Å². The van der Waals surface area contributed by atoms with E-state index in [1.807, 2.05) is 0 Å². The summed E-state index contributed by atoms with van der Waals surface area (Å²) >= 11 is 0. The normalized spacial score (nSPS) is 8.00. The molecule has 0 heterocycles. The van der Waals surface area contributed by atoms with E-state index >= 15 is 0 Å². The van der Waals surface area contributed by atoms with Crippen LogP contribution in [0.2, 0.25) is 19.6 Å². The smallest absolute Gasteiger partial charge is 0.240 e. The lowest BCUT2D eigenvalue weighted by molar-refractivity contribution is -0.113. The molecule has 0 bridgehead atoms. The molecule has 4 heteroatoms. The van der Waals surface area contributed by atoms with Gasteiger partial charge in [0.15, 0.2) is 0 Å². The molecule has 0 aliphatic rings. The molecule has 0 radical (unpaired) electrons. The minimum Gasteiger partial charge on any atom is -0.366 e. The third-order valence-electron chi connectivity index (χ3n) is 0.841. The largest absolute Gasteiger partial charge is 0.366 e. The predicted molar refractivity (Wildman–Crippen MR) is 65.8 cm³/mol. The fraction of sp³-hybridized carbons (Fsp3) is 0.500. The molecule has 0 saturated heterocycles. The Morgan fingerprint density at radius 2 is 1.86 bits per heavy atom. The molecular formula is C10H22N2OSi. The van der Waals surface area contributed by atoms with Crippen LogP contribution in [0.15, 0.2) is 12.7 Å². The highest BCUT2D eigenvalue weighted by molar-refractivity contribution is 6.83. The van der Waals surface area contributed by atoms with Gasteiger partial charge in [-0.3, -0.25) is 4.79 Å². The van der Waals surface area contributed by atoms with Crippen LogP contribution in [-0.2, 0) is 4.79 Å². The van der Waals surface area contributed by atoms with Crippen LogP contribution in [0.5, 0.6) is 0 Å². The minimum absolute atomic E-state index is 0. The van der Waals surface area contributed by atoms with Crippen molar-refractivity contribution in [2.45, 2.75) is 33.0 Å². The highest BCUT2D eigenvalue weighted by Gasteiger charge is 2.06. The molecule has 0 unspecified atom stereocenters. The summed E-state index contributed by atoms with van der Waals surface area (Å²) in [5.41, 5.74) is 7.80. The monoisotopic (exact) mass is 214 g/mol. The standard InChI is InChI=1S/C7H14Si.C3H5NO.H3N/c1-5-6-7-8(2,3)4;1-2-3(4)5;/h5H2,1-4H3;2H,1H2,(H2,4,5);1H3. The van der Waals surface area contributed by atoms with Crippen molar-refractivity contribution in [2.24, 2.45) is 5.73 Å². The van der Waals surface area contributed by atoms with Gasteiger partial charge in [0.2, 0.25) is 5.91 Å². The summed E-state index contributed by atoms with van der Waals surface area (Å²) in [6.45, 7) is 12.0. The SMILES string of the molecule is C=CC(N)=O.CCC#C[Si](C)(C)C.N. The predicted octanol–water partition coefficient (Wildman–Crippen LogP) is 2.10. The van der Waals surface area contributed by atoms with Gasteiger partial charge in [0.05, 0.1) is 0 Å². The Balaban J connectivity index is -0.000000177. The molecule has 0 atom stereocenters. The van der Waals surface area contributed by atoms with Gasteiger partial charge in [0, 0.05) is 6.42 Å². The third kappa shape index (κ3) is 30.6. The molecule has 0 aromatic heterocycles. The van der Waals surface area contributed by atoms with Crippen LogP contribution < -0.4 is 11.9 Å². The summed E-state index contributed by atoms with van der Waals surface area (Å²) < 4.78 is 0. The topological polar surface area (TPSA) is 78.1 Å². The fourth-order valence-electron chi connectivity index (χ4n) is 0.354. The average Bonchev–Trinajstić information content (AvgIpc) is 2.00. The molecule has 0 rings (SSSR count). The second-order valence-corrected chi connectivity index (χ2v) is 8.26. The zero-order valence-electron chi connectivity index (χ0n) is 9.68. The number of amides is 1. The van der Waals surface area contributed by atoms with Crippen molar-refractivity contribution in [1.29, 1.82) is 0 Å². The van der Waals surface area contributed by atoms with Crippen molar-refractivity contribution in [3.63, 3.8) is 0 Å². The molecule has 1 amide bonds. The van der Waals surface area contributed by atoms with E-state index in [4.69, 9.17) is 0 Å². The molecular weight excluding hydrogens is 192 g/mol. The maximum Gasteiger partial charge on any atom is 0.240 e. The number of carbonyl (C=O) groups excluding carboxylic acids is 1. The van der Waals surface area contributed by atoms with Crippen LogP contribution in [-0.4, -0.2) is 14.0 Å². The summed E-state index contributed by atoms with van der Waals surface area (Å²) in [5.74, 6) is 2.62. The van der Waals surface area contributed by atoms with E-state index in [1.165, 1.54) is 0 Å². The Morgan fingerprint density at radius 1 is 1.50 bits per heavy atom. The van der Waals surface area contributed by atoms with Crippen molar-refractivity contribution < 1.29 is 4.79 Å². The number of primary amides is 1. The van der Waals surface area contributed by atoms with Crippen LogP contribution in [0, 0.1) is 11.5 Å². The van der Waals surface area contributed by atoms with Gasteiger partial charge in [-0.15, -0.1) is 11.5 Å². The highest BCUT2D eigenvalue weighted by atomic mass is 28.3. The van der Waals surface area contributed by atoms with E-state index in [-0.39, 0.29) is 6.15 Å². The molecule has 0 spiro atoms. The summed E-state index contributed by atoms with van der Waals surface area (Å²) in [4.78, 5) is 9.47. The summed E-state index contributed by atoms with van der Waals surface area (Å²) in [7, 11) is -1.04. The minimum atomic E-state index is -1.04. The van der Waals surface area contributed by atoms with Gasteiger partial charge in [-0.2, -0.15) is 0 Å². The number of nitrogens with two attached hydrogens (primary N) is 1. The van der Waals surface area contributed by atoms with Crippen LogP contribution >= 0.6 is 0 Å². The Kier molecular flexibility index (Phi) is 13.4. The van der Waals surface area contributed by atoms with Gasteiger partial charge in [0.25, 0.3) is 0 Å². The van der Waals surface area contributed by atoms with Crippen molar-refractivity contribution in [3.05, 3.63) is 12.7 Å². The molecule has 0 aliphatic carbocycles. The number of hydrogen-bond donors (Lipinski definition) is 2. The van der Waals surface area contributed by atoms with Gasteiger partial charge >= 0.3 is 0 Å². The van der Waals surface area contributed by atoms with E-state index < -0.39 is 14.0 Å². The maximum absolute atomic E-state index is 9.47. The zero-order valence-corrected chi connectivity index (χ0v) is 10.7. The number of carbonyl (C=O) groups is 1. The number of hydrogen-bond acceptors (Lipinski definition) is 2. The summed E-state index contributed by atoms with van der Waals surface area (Å²) in [6, 6.07) is 0. The lowest BCUT2D eigenvalue weighted by Gasteiger charge is -2.02. The van der Waals surface area contributed by atoms with Crippen LogP contribution in [0.3, 0.4) is 0 Å². The lowest BCUT2D eigenvalue weighted by Crippen LogP contribution is -2.16. The van der Waals surface area contributed by atoms with E-state index in [9.17, 15) is 4.79 Å². The molecule has 82 valence electrons. The molecule has 5 N–H and O–H groups in total. The van der Waals surface area contributed by atoms with Crippen molar-refractivity contribution in [3.8, 4) is 11.5 Å². The van der Waals surface area contributed by atoms with E-state index in [2.05, 4.69) is 50.3 Å². The number of rotatable bonds is 1. The van der Waals surface area contributed by atoms with Gasteiger partial charge < -0.3 is 11.9 Å². The summed E-state index contributed by atoms with van der Waals surface area (Å²) in [5, 5.41) is 0. The first-order valence-electron chi connectivity index (χ1n) is 4.25. The first-order valence-corrected chi connectivity index (χ1v) is 7.75. The lowest BCUT2D eigenvalue weighted by atomic mass is 10.5. The molecule has 14 heavy (non-hydrogen) atoms. The molecule has 3 nitrogen and oxygen atoms in total. The van der Waals surface area contributed by atoms with E-state index in [0.29, 0.717) is 0 Å². The maximum atomic E-state index is 9.47. The van der Waals surface area contributed by atoms with Crippen LogP contribution in [0.1, 0.15) is 13.3 Å². The van der Waals surface area contributed by atoms with Gasteiger partial charge in [-0.05, 0) is 6.08 Å². The molecule has 0 fully saturated rings. The molecule has 0 saturated carbocycles. The second-order valence-electron chi connectivity index (χ2n) is 3.51. The van der Waals surface area contributed by atoms with E-state index in [0.717, 1.165) is 12.5 Å². The summed E-state index contributed by atoms with van der Waals surface area (Å²) in [6.07, 6.45) is 2.06. The Labute approximate surface area is 88.4 Å². The first kappa shape index (κ1) is 18.7. The van der Waals surface area contributed by atoms with Crippen molar-refractivity contribution >= 4 is 14.0 Å². The van der Waals surface area contributed by atoms with Crippen molar-refractivity contribution in [1.82, 2.24) is 6.15 Å². The fourth-order valence-corrected chi connectivity index (χ4v) is 1.06. The second kappa shape index (κ2) is 10.0. The van der Waals surface area contributed by atoms with Gasteiger partial charge in [0.1, 0.15) is 8.07 Å². The van der Waals surface area contributed by atoms with Gasteiger partial charge in [-0.1, -0.05) is 33.1 Å². The quantitative estimate of drug-likeness (QED) is 0.398. The molecule has 0 aromatic carbocycles. The molecule has 0 aromatic rings. The molecule has 0 aliphatic heterocycles. The average molecular weight is 214 g/mol. The first-order chi connectivity index (χ1) is 5.83. The van der Waals surface area contributed by atoms with Crippen LogP contribution in [0.4, 0.5) is 0 Å². The van der Waals surface area contributed by atoms with E-state index in [1.54, 1.807) is 0 Å². The zero-order chi connectivity index (χ0) is 10.9.